The highest BCUT2D eigenvalue weighted by molar-refractivity contribution is 6.01. The second-order valence-corrected chi connectivity index (χ2v) is 11.9. The molecular formula is C34H45N5O4. The SMILES string of the molecule is CC(C)CCCCn1nnc2c1-c1ccccc1N(C(=O)CCC(=O)NCCOCCC(=O)C(C)C)Cc1ccccc1-2. The number of amides is 2. The number of ether oxygens (including phenoxy) is 1. The van der Waals surface area contributed by atoms with Gasteiger partial charge in [0.15, 0.2) is 0 Å². The van der Waals surface area contributed by atoms with E-state index in [2.05, 4.69) is 29.5 Å². The predicted molar refractivity (Wildman–Crippen MR) is 168 cm³/mol. The van der Waals surface area contributed by atoms with Crippen molar-refractivity contribution in [3.05, 3.63) is 54.1 Å². The van der Waals surface area contributed by atoms with Crippen LogP contribution >= 0.6 is 0 Å². The Balaban J connectivity index is 1.46. The number of anilines is 1. The van der Waals surface area contributed by atoms with Gasteiger partial charge in [-0.15, -0.1) is 5.10 Å². The summed E-state index contributed by atoms with van der Waals surface area (Å²) in [6.07, 6.45) is 3.80. The van der Waals surface area contributed by atoms with Gasteiger partial charge in [0, 0.05) is 49.4 Å². The van der Waals surface area contributed by atoms with Gasteiger partial charge in [-0.05, 0) is 24.0 Å². The van der Waals surface area contributed by atoms with Gasteiger partial charge in [-0.3, -0.25) is 14.4 Å². The first-order valence-corrected chi connectivity index (χ1v) is 15.5. The van der Waals surface area contributed by atoms with Crippen molar-refractivity contribution in [2.45, 2.75) is 79.3 Å². The molecule has 1 aromatic heterocycles. The number of Topliss-reactive ketones (excluding diaryl/α,β-unsaturated/α-hetero) is 1. The lowest BCUT2D eigenvalue weighted by Gasteiger charge is -2.28. The number of para-hydroxylation sites is 1. The number of ketones is 1. The third-order valence-corrected chi connectivity index (χ3v) is 7.76. The number of carbonyl (C=O) groups excluding carboxylic acids is 3. The molecule has 0 unspecified atom stereocenters. The zero-order chi connectivity index (χ0) is 30.8. The molecule has 43 heavy (non-hydrogen) atoms. The van der Waals surface area contributed by atoms with Crippen molar-refractivity contribution in [1.29, 1.82) is 0 Å². The molecule has 0 saturated carbocycles. The van der Waals surface area contributed by atoms with E-state index in [1.165, 1.54) is 6.42 Å². The van der Waals surface area contributed by atoms with Crippen LogP contribution in [0, 0.1) is 11.8 Å². The Bertz CT molecular complexity index is 1400. The van der Waals surface area contributed by atoms with Crippen LogP contribution in [0.1, 0.15) is 71.8 Å². The number of nitrogens with one attached hydrogen (secondary N) is 1. The van der Waals surface area contributed by atoms with Crippen molar-refractivity contribution < 1.29 is 19.1 Å². The Morgan fingerprint density at radius 1 is 0.907 bits per heavy atom. The second-order valence-electron chi connectivity index (χ2n) is 11.9. The zero-order valence-electron chi connectivity index (χ0n) is 26.0. The maximum Gasteiger partial charge on any atom is 0.227 e. The molecule has 2 heterocycles. The van der Waals surface area contributed by atoms with Crippen LogP contribution in [0.2, 0.25) is 0 Å². The number of hydrogen-bond acceptors (Lipinski definition) is 6. The molecule has 0 fully saturated rings. The number of aromatic nitrogens is 3. The summed E-state index contributed by atoms with van der Waals surface area (Å²) in [6.45, 7) is 10.3. The van der Waals surface area contributed by atoms with Gasteiger partial charge >= 0.3 is 0 Å². The molecule has 0 aliphatic carbocycles. The monoisotopic (exact) mass is 587 g/mol. The normalized spacial score (nSPS) is 12.4. The number of rotatable bonds is 15. The first-order chi connectivity index (χ1) is 20.8. The fourth-order valence-electron chi connectivity index (χ4n) is 5.28. The molecule has 0 radical (unpaired) electrons. The number of benzene rings is 2. The summed E-state index contributed by atoms with van der Waals surface area (Å²) in [4.78, 5) is 39.8. The molecule has 2 amide bonds. The molecule has 1 aliphatic heterocycles. The fourth-order valence-corrected chi connectivity index (χ4v) is 5.28. The van der Waals surface area contributed by atoms with Gasteiger partial charge in [-0.2, -0.15) is 0 Å². The molecule has 3 aromatic rings. The van der Waals surface area contributed by atoms with E-state index in [1.807, 2.05) is 67.1 Å². The maximum atomic E-state index is 13.7. The zero-order valence-corrected chi connectivity index (χ0v) is 26.0. The van der Waals surface area contributed by atoms with Gasteiger partial charge in [-0.25, -0.2) is 4.68 Å². The number of hydrogen-bond donors (Lipinski definition) is 1. The smallest absolute Gasteiger partial charge is 0.227 e. The standard InChI is InChI=1S/C34H45N5O4/c1-24(2)11-9-10-20-39-34-28-14-7-8-15-29(28)38(23-26-12-5-6-13-27(26)33(34)36-37-39)32(42)17-16-31(41)35-19-22-43-21-18-30(40)25(3)4/h5-8,12-15,24-25H,9-11,16-23H2,1-4H3,(H,35,41). The van der Waals surface area contributed by atoms with Crippen molar-refractivity contribution in [2.24, 2.45) is 11.8 Å². The van der Waals surface area contributed by atoms with E-state index in [-0.39, 0.29) is 36.4 Å². The fraction of sp³-hybridized carbons (Fsp3) is 0.500. The van der Waals surface area contributed by atoms with Gasteiger partial charge in [0.25, 0.3) is 0 Å². The van der Waals surface area contributed by atoms with E-state index < -0.39 is 0 Å². The van der Waals surface area contributed by atoms with E-state index >= 15 is 0 Å². The van der Waals surface area contributed by atoms with Crippen LogP contribution in [0.3, 0.4) is 0 Å². The molecule has 0 saturated heterocycles. The first-order valence-electron chi connectivity index (χ1n) is 15.5. The van der Waals surface area contributed by atoms with Gasteiger partial charge in [0.1, 0.15) is 11.5 Å². The van der Waals surface area contributed by atoms with Gasteiger partial charge in [0.05, 0.1) is 31.1 Å². The molecular weight excluding hydrogens is 542 g/mol. The van der Waals surface area contributed by atoms with E-state index in [0.29, 0.717) is 38.6 Å². The molecule has 1 aliphatic rings. The van der Waals surface area contributed by atoms with E-state index in [0.717, 1.165) is 53.2 Å². The Morgan fingerprint density at radius 3 is 2.42 bits per heavy atom. The van der Waals surface area contributed by atoms with Gasteiger partial charge in [0.2, 0.25) is 11.8 Å². The number of nitrogens with zero attached hydrogens (tertiary/aromatic N) is 4. The number of aryl methyl sites for hydroxylation is 1. The Kier molecular flexibility index (Phi) is 11.6. The Morgan fingerprint density at radius 2 is 1.65 bits per heavy atom. The molecule has 0 atom stereocenters. The summed E-state index contributed by atoms with van der Waals surface area (Å²) in [5.41, 5.74) is 5.39. The summed E-state index contributed by atoms with van der Waals surface area (Å²) < 4.78 is 7.45. The van der Waals surface area contributed by atoms with Crippen LogP contribution in [0.15, 0.2) is 48.5 Å². The quantitative estimate of drug-likeness (QED) is 0.225. The molecule has 0 bridgehead atoms. The van der Waals surface area contributed by atoms with E-state index in [9.17, 15) is 14.4 Å². The molecule has 9 nitrogen and oxygen atoms in total. The summed E-state index contributed by atoms with van der Waals surface area (Å²) >= 11 is 0. The lowest BCUT2D eigenvalue weighted by atomic mass is 9.95. The average Bonchev–Trinajstić information content (AvgIpc) is 3.40. The summed E-state index contributed by atoms with van der Waals surface area (Å²) in [6, 6.07) is 15.9. The minimum Gasteiger partial charge on any atom is -0.379 e. The summed E-state index contributed by atoms with van der Waals surface area (Å²) in [5.74, 6) is 0.484. The van der Waals surface area contributed by atoms with Crippen LogP contribution in [0.25, 0.3) is 22.5 Å². The van der Waals surface area contributed by atoms with Crippen molar-refractivity contribution in [3.8, 4) is 22.5 Å². The lowest BCUT2D eigenvalue weighted by molar-refractivity contribution is -0.125. The highest BCUT2D eigenvalue weighted by atomic mass is 16.5. The third kappa shape index (κ3) is 8.60. The molecule has 2 aromatic carbocycles. The largest absolute Gasteiger partial charge is 0.379 e. The minimum absolute atomic E-state index is 0.00435. The van der Waals surface area contributed by atoms with Crippen molar-refractivity contribution in [2.75, 3.05) is 24.7 Å². The van der Waals surface area contributed by atoms with Crippen LogP contribution in [0.5, 0.6) is 0 Å². The summed E-state index contributed by atoms with van der Waals surface area (Å²) in [5, 5.41) is 12.0. The molecule has 230 valence electrons. The van der Waals surface area contributed by atoms with Crippen molar-refractivity contribution in [1.82, 2.24) is 20.3 Å². The molecule has 4 rings (SSSR count). The van der Waals surface area contributed by atoms with Crippen LogP contribution in [-0.4, -0.2) is 52.3 Å². The first kappa shape index (κ1) is 32.1. The van der Waals surface area contributed by atoms with Crippen LogP contribution in [-0.2, 0) is 32.2 Å². The lowest BCUT2D eigenvalue weighted by Crippen LogP contribution is -2.34. The van der Waals surface area contributed by atoms with Gasteiger partial charge in [-0.1, -0.05) is 88.2 Å². The van der Waals surface area contributed by atoms with E-state index in [1.54, 1.807) is 4.90 Å². The highest BCUT2D eigenvalue weighted by Crippen LogP contribution is 2.41. The molecule has 9 heteroatoms. The van der Waals surface area contributed by atoms with Crippen LogP contribution < -0.4 is 10.2 Å². The predicted octanol–water partition coefficient (Wildman–Crippen LogP) is 5.81. The van der Waals surface area contributed by atoms with Gasteiger partial charge < -0.3 is 15.0 Å². The molecule has 1 N–H and O–H groups in total. The minimum atomic E-state index is -0.207. The number of carbonyl (C=O) groups is 3. The second kappa shape index (κ2) is 15.6. The maximum absolute atomic E-state index is 13.7. The van der Waals surface area contributed by atoms with Crippen molar-refractivity contribution >= 4 is 23.3 Å². The third-order valence-electron chi connectivity index (χ3n) is 7.76. The number of fused-ring (bicyclic) bond motifs is 5. The average molecular weight is 588 g/mol. The summed E-state index contributed by atoms with van der Waals surface area (Å²) in [7, 11) is 0. The molecule has 0 spiro atoms. The Labute approximate surface area is 255 Å². The topological polar surface area (TPSA) is 106 Å². The van der Waals surface area contributed by atoms with E-state index in [4.69, 9.17) is 4.74 Å². The number of unbranched alkanes of at least 4 members (excludes halogenated alkanes) is 1. The highest BCUT2D eigenvalue weighted by Gasteiger charge is 2.29. The van der Waals surface area contributed by atoms with Crippen molar-refractivity contribution in [3.63, 3.8) is 0 Å². The van der Waals surface area contributed by atoms with Crippen LogP contribution in [0.4, 0.5) is 5.69 Å². The Hall–Kier alpha value is -3.85.